The number of anilines is 1. The molecule has 2 rings (SSSR count). The molecule has 0 saturated carbocycles. The fourth-order valence-corrected chi connectivity index (χ4v) is 1.58. The van der Waals surface area contributed by atoms with E-state index in [9.17, 15) is 9.90 Å². The fourth-order valence-electron chi connectivity index (χ4n) is 1.58. The summed E-state index contributed by atoms with van der Waals surface area (Å²) in [6, 6.07) is 13.7. The van der Waals surface area contributed by atoms with Gasteiger partial charge in [-0.05, 0) is 29.8 Å². The second-order valence-electron chi connectivity index (χ2n) is 3.88. The number of phenols is 1. The number of carbonyl (C=O) groups excluding carboxylic acids is 1. The highest BCUT2D eigenvalue weighted by Gasteiger charge is 2.01. The molecule has 2 aromatic rings. The molecule has 0 aliphatic rings. The van der Waals surface area contributed by atoms with Gasteiger partial charge < -0.3 is 10.8 Å². The summed E-state index contributed by atoms with van der Waals surface area (Å²) in [4.78, 5) is 11.8. The Kier molecular flexibility index (Phi) is 3.44. The van der Waals surface area contributed by atoms with Gasteiger partial charge in [0.2, 0.25) is 0 Å². The molecule has 0 radical (unpaired) electrons. The van der Waals surface area contributed by atoms with E-state index in [0.29, 0.717) is 16.8 Å². The van der Waals surface area contributed by atoms with Gasteiger partial charge in [0.1, 0.15) is 5.75 Å². The zero-order valence-corrected chi connectivity index (χ0v) is 9.71. The summed E-state index contributed by atoms with van der Waals surface area (Å²) in [7, 11) is 0. The van der Waals surface area contributed by atoms with Gasteiger partial charge in [0.05, 0.1) is 0 Å². The first-order chi connectivity index (χ1) is 8.66. The summed E-state index contributed by atoms with van der Waals surface area (Å²) in [5.74, 6) is 0.0297. The van der Waals surface area contributed by atoms with E-state index in [1.54, 1.807) is 24.3 Å². The van der Waals surface area contributed by atoms with Crippen molar-refractivity contribution >= 4 is 17.5 Å². The molecule has 0 aliphatic heterocycles. The van der Waals surface area contributed by atoms with E-state index < -0.39 is 0 Å². The van der Waals surface area contributed by atoms with Gasteiger partial charge in [0.25, 0.3) is 0 Å². The van der Waals surface area contributed by atoms with Crippen molar-refractivity contribution in [1.29, 1.82) is 0 Å². The molecule has 0 spiro atoms. The highest BCUT2D eigenvalue weighted by Crippen LogP contribution is 2.19. The Morgan fingerprint density at radius 3 is 2.50 bits per heavy atom. The van der Waals surface area contributed by atoms with E-state index in [0.717, 1.165) is 0 Å². The van der Waals surface area contributed by atoms with Crippen LogP contribution in [0, 0.1) is 0 Å². The topological polar surface area (TPSA) is 63.3 Å². The van der Waals surface area contributed by atoms with Gasteiger partial charge in [-0.2, -0.15) is 0 Å². The highest BCUT2D eigenvalue weighted by atomic mass is 16.3. The molecule has 0 aliphatic carbocycles. The Bertz CT molecular complexity index is 589. The van der Waals surface area contributed by atoms with Gasteiger partial charge in [-0.25, -0.2) is 0 Å². The standard InChI is InChI=1S/C15H13NO2/c16-14-10-13(17)8-6-11(14)7-9-15(18)12-4-2-1-3-5-12/h1-10,17H,16H2. The van der Waals surface area contributed by atoms with E-state index >= 15 is 0 Å². The molecule has 3 N–H and O–H groups in total. The summed E-state index contributed by atoms with van der Waals surface area (Å²) < 4.78 is 0. The predicted molar refractivity (Wildman–Crippen MR) is 72.3 cm³/mol. The predicted octanol–water partition coefficient (Wildman–Crippen LogP) is 2.87. The quantitative estimate of drug-likeness (QED) is 0.492. The molecule has 3 heteroatoms. The molecule has 3 nitrogen and oxygen atoms in total. The van der Waals surface area contributed by atoms with Crippen LogP contribution >= 0.6 is 0 Å². The first-order valence-electron chi connectivity index (χ1n) is 5.53. The van der Waals surface area contributed by atoms with E-state index in [1.165, 1.54) is 18.2 Å². The average Bonchev–Trinajstić information content (AvgIpc) is 2.38. The Morgan fingerprint density at radius 1 is 1.11 bits per heavy atom. The van der Waals surface area contributed by atoms with Crippen molar-refractivity contribution in [3.63, 3.8) is 0 Å². The largest absolute Gasteiger partial charge is 0.508 e. The molecule has 0 atom stereocenters. The summed E-state index contributed by atoms with van der Waals surface area (Å²) in [6.07, 6.45) is 3.11. The van der Waals surface area contributed by atoms with Crippen LogP contribution in [0.3, 0.4) is 0 Å². The third-order valence-electron chi connectivity index (χ3n) is 2.54. The molecule has 0 amide bonds. The van der Waals surface area contributed by atoms with Gasteiger partial charge in [-0.3, -0.25) is 4.79 Å². The highest BCUT2D eigenvalue weighted by molar-refractivity contribution is 6.07. The van der Waals surface area contributed by atoms with Crippen molar-refractivity contribution in [1.82, 2.24) is 0 Å². The number of nitrogen functional groups attached to an aromatic ring is 1. The lowest BCUT2D eigenvalue weighted by Crippen LogP contribution is -1.94. The number of benzene rings is 2. The zero-order chi connectivity index (χ0) is 13.0. The molecule has 0 bridgehead atoms. The number of hydrogen-bond acceptors (Lipinski definition) is 3. The first-order valence-corrected chi connectivity index (χ1v) is 5.53. The van der Waals surface area contributed by atoms with Gasteiger partial charge >= 0.3 is 0 Å². The Hall–Kier alpha value is -2.55. The number of allylic oxidation sites excluding steroid dienone is 1. The zero-order valence-electron chi connectivity index (χ0n) is 9.71. The Labute approximate surface area is 105 Å². The second-order valence-corrected chi connectivity index (χ2v) is 3.88. The number of ketones is 1. The Balaban J connectivity index is 2.19. The minimum absolute atomic E-state index is 0.0805. The van der Waals surface area contributed by atoms with Gasteiger partial charge in [-0.15, -0.1) is 0 Å². The van der Waals surface area contributed by atoms with E-state index in [2.05, 4.69) is 0 Å². The van der Waals surface area contributed by atoms with Crippen LogP contribution < -0.4 is 5.73 Å². The number of carbonyl (C=O) groups is 1. The first kappa shape index (κ1) is 11.9. The molecule has 0 unspecified atom stereocenters. The average molecular weight is 239 g/mol. The summed E-state index contributed by atoms with van der Waals surface area (Å²) in [5.41, 5.74) is 7.50. The monoisotopic (exact) mass is 239 g/mol. The summed E-state index contributed by atoms with van der Waals surface area (Å²) in [5, 5.41) is 9.22. The van der Waals surface area contributed by atoms with Gasteiger partial charge in [-0.1, -0.05) is 30.3 Å². The second kappa shape index (κ2) is 5.19. The lowest BCUT2D eigenvalue weighted by molar-refractivity contribution is 0.104. The maximum Gasteiger partial charge on any atom is 0.185 e. The molecular weight excluding hydrogens is 226 g/mol. The van der Waals surface area contributed by atoms with Crippen molar-refractivity contribution in [2.24, 2.45) is 0 Å². The minimum Gasteiger partial charge on any atom is -0.508 e. The molecule has 0 heterocycles. The molecule has 0 saturated heterocycles. The summed E-state index contributed by atoms with van der Waals surface area (Å²) >= 11 is 0. The third kappa shape index (κ3) is 2.77. The van der Waals surface area contributed by atoms with Crippen molar-refractivity contribution in [3.8, 4) is 5.75 Å². The number of rotatable bonds is 3. The maximum absolute atomic E-state index is 11.8. The molecule has 18 heavy (non-hydrogen) atoms. The van der Waals surface area contributed by atoms with Crippen molar-refractivity contribution in [2.45, 2.75) is 0 Å². The third-order valence-corrected chi connectivity index (χ3v) is 2.54. The lowest BCUT2D eigenvalue weighted by Gasteiger charge is -2.00. The molecule has 90 valence electrons. The number of phenolic OH excluding ortho intramolecular Hbond substituents is 1. The van der Waals surface area contributed by atoms with Gasteiger partial charge in [0, 0.05) is 17.3 Å². The number of nitrogens with two attached hydrogens (primary N) is 1. The van der Waals surface area contributed by atoms with Crippen LogP contribution in [0.5, 0.6) is 5.75 Å². The van der Waals surface area contributed by atoms with Crippen LogP contribution in [-0.2, 0) is 0 Å². The lowest BCUT2D eigenvalue weighted by atomic mass is 10.1. The van der Waals surface area contributed by atoms with Crippen LogP contribution in [0.1, 0.15) is 15.9 Å². The molecule has 2 aromatic carbocycles. The van der Waals surface area contributed by atoms with Crippen LogP contribution in [0.15, 0.2) is 54.6 Å². The van der Waals surface area contributed by atoms with Crippen LogP contribution in [0.25, 0.3) is 6.08 Å². The van der Waals surface area contributed by atoms with Crippen LogP contribution in [0.2, 0.25) is 0 Å². The Morgan fingerprint density at radius 2 is 1.83 bits per heavy atom. The SMILES string of the molecule is Nc1cc(O)ccc1C=CC(=O)c1ccccc1. The smallest absolute Gasteiger partial charge is 0.185 e. The van der Waals surface area contributed by atoms with Gasteiger partial charge in [0.15, 0.2) is 5.78 Å². The molecular formula is C15H13NO2. The molecule has 0 aromatic heterocycles. The van der Waals surface area contributed by atoms with E-state index in [-0.39, 0.29) is 11.5 Å². The summed E-state index contributed by atoms with van der Waals surface area (Å²) in [6.45, 7) is 0. The number of aromatic hydroxyl groups is 1. The number of hydrogen-bond donors (Lipinski definition) is 2. The minimum atomic E-state index is -0.0805. The molecule has 0 fully saturated rings. The van der Waals surface area contributed by atoms with Crippen LogP contribution in [0.4, 0.5) is 5.69 Å². The van der Waals surface area contributed by atoms with E-state index in [1.807, 2.05) is 18.2 Å². The normalized spacial score (nSPS) is 10.7. The fraction of sp³-hybridized carbons (Fsp3) is 0. The maximum atomic E-state index is 11.8. The van der Waals surface area contributed by atoms with Crippen LogP contribution in [-0.4, -0.2) is 10.9 Å². The van der Waals surface area contributed by atoms with E-state index in [4.69, 9.17) is 5.73 Å². The van der Waals surface area contributed by atoms with Crippen molar-refractivity contribution in [3.05, 3.63) is 65.7 Å². The van der Waals surface area contributed by atoms with Crippen molar-refractivity contribution in [2.75, 3.05) is 5.73 Å². The van der Waals surface area contributed by atoms with Crippen molar-refractivity contribution < 1.29 is 9.90 Å².